The van der Waals surface area contributed by atoms with Crippen LogP contribution < -0.4 is 0 Å². The van der Waals surface area contributed by atoms with E-state index in [1.165, 1.54) is 81.8 Å². The van der Waals surface area contributed by atoms with E-state index in [1.54, 1.807) is 4.90 Å². The predicted molar refractivity (Wildman–Crippen MR) is 239 cm³/mol. The summed E-state index contributed by atoms with van der Waals surface area (Å²) in [6.07, 6.45) is 23.6. The van der Waals surface area contributed by atoms with Crippen molar-refractivity contribution >= 4 is 6.09 Å². The molecule has 5 rings (SSSR count). The molecular weight excluding hydrogens is 755 g/mol. The number of unbranched alkanes of at least 4 members (excludes halogenated alkanes) is 14. The SMILES string of the molecule is CC(C)(C)OC(=O)N1[C@H](COCCCCCCCCCCCCCCC[C@]23CC[C@H](OCc4ccccc4)[C@H](O2)[C@H](CCCCCOCc2ccccc2)O3)COC1(C)C. The van der Waals surface area contributed by atoms with Gasteiger partial charge in [0.2, 0.25) is 0 Å². The first kappa shape index (κ1) is 48.5. The summed E-state index contributed by atoms with van der Waals surface area (Å²) in [5, 5.41) is 0. The molecule has 3 heterocycles. The topological polar surface area (TPSA) is 84.9 Å². The van der Waals surface area contributed by atoms with E-state index in [9.17, 15) is 4.79 Å². The fourth-order valence-electron chi connectivity index (χ4n) is 9.02. The molecule has 5 atom stereocenters. The number of hydrogen-bond acceptors (Lipinski definition) is 8. The maximum atomic E-state index is 12.8. The summed E-state index contributed by atoms with van der Waals surface area (Å²) in [6, 6.07) is 20.8. The van der Waals surface area contributed by atoms with Crippen LogP contribution in [0.5, 0.6) is 0 Å². The first-order chi connectivity index (χ1) is 29.0. The Hall–Kier alpha value is -2.53. The van der Waals surface area contributed by atoms with E-state index in [0.29, 0.717) is 26.4 Å². The van der Waals surface area contributed by atoms with Crippen LogP contribution in [0.4, 0.5) is 4.79 Å². The van der Waals surface area contributed by atoms with E-state index in [4.69, 9.17) is 33.2 Å². The van der Waals surface area contributed by atoms with Gasteiger partial charge in [-0.25, -0.2) is 4.79 Å². The molecule has 2 aromatic carbocycles. The molecule has 2 bridgehead atoms. The lowest BCUT2D eigenvalue weighted by Crippen LogP contribution is -2.51. The largest absolute Gasteiger partial charge is 0.444 e. The van der Waals surface area contributed by atoms with E-state index < -0.39 is 17.1 Å². The summed E-state index contributed by atoms with van der Waals surface area (Å²) in [4.78, 5) is 14.5. The first-order valence-corrected chi connectivity index (χ1v) is 23.9. The smallest absolute Gasteiger partial charge is 0.412 e. The second-order valence-electron chi connectivity index (χ2n) is 19.1. The minimum absolute atomic E-state index is 0.0152. The van der Waals surface area contributed by atoms with E-state index in [2.05, 4.69) is 54.6 Å². The number of carbonyl (C=O) groups excluding carboxylic acids is 1. The summed E-state index contributed by atoms with van der Waals surface area (Å²) in [7, 11) is 0. The molecule has 0 aliphatic carbocycles. The molecule has 3 aliphatic rings. The van der Waals surface area contributed by atoms with Crippen LogP contribution in [0.25, 0.3) is 0 Å². The van der Waals surface area contributed by atoms with Crippen molar-refractivity contribution in [3.63, 3.8) is 0 Å². The van der Waals surface area contributed by atoms with E-state index in [1.807, 2.05) is 40.7 Å². The van der Waals surface area contributed by atoms with Crippen LogP contribution in [0, 0.1) is 0 Å². The van der Waals surface area contributed by atoms with E-state index >= 15 is 0 Å². The average Bonchev–Trinajstić information content (AvgIpc) is 3.69. The summed E-state index contributed by atoms with van der Waals surface area (Å²) in [5.74, 6) is -0.429. The maximum Gasteiger partial charge on any atom is 0.412 e. The van der Waals surface area contributed by atoms with Crippen LogP contribution in [-0.4, -0.2) is 78.9 Å². The summed E-state index contributed by atoms with van der Waals surface area (Å²) >= 11 is 0. The van der Waals surface area contributed by atoms with Crippen molar-refractivity contribution in [3.8, 4) is 0 Å². The molecule has 0 N–H and O–H groups in total. The Morgan fingerprint density at radius 1 is 0.700 bits per heavy atom. The van der Waals surface area contributed by atoms with Gasteiger partial charge in [-0.2, -0.15) is 0 Å². The third kappa shape index (κ3) is 17.0. The lowest BCUT2D eigenvalue weighted by atomic mass is 9.94. The molecular formula is C51H81NO8. The highest BCUT2D eigenvalue weighted by atomic mass is 16.8. The number of hydrogen-bond donors (Lipinski definition) is 0. The number of nitrogens with zero attached hydrogens (tertiary/aromatic N) is 1. The van der Waals surface area contributed by atoms with Crippen molar-refractivity contribution in [1.82, 2.24) is 4.90 Å². The number of rotatable bonds is 29. The molecule has 0 spiro atoms. The van der Waals surface area contributed by atoms with Crippen LogP contribution >= 0.6 is 0 Å². The number of ether oxygens (including phenoxy) is 7. The van der Waals surface area contributed by atoms with Gasteiger partial charge in [0, 0.05) is 26.1 Å². The Morgan fingerprint density at radius 2 is 1.25 bits per heavy atom. The molecule has 0 aromatic heterocycles. The zero-order valence-corrected chi connectivity index (χ0v) is 38.2. The first-order valence-electron chi connectivity index (χ1n) is 23.9. The van der Waals surface area contributed by atoms with Crippen molar-refractivity contribution in [1.29, 1.82) is 0 Å². The zero-order chi connectivity index (χ0) is 42.5. The maximum absolute atomic E-state index is 12.8. The Balaban J connectivity index is 0.865. The quantitative estimate of drug-likeness (QED) is 0.0749. The molecule has 0 saturated carbocycles. The van der Waals surface area contributed by atoms with Gasteiger partial charge in [-0.05, 0) is 77.8 Å². The molecule has 9 nitrogen and oxygen atoms in total. The van der Waals surface area contributed by atoms with Crippen molar-refractivity contribution < 1.29 is 38.0 Å². The van der Waals surface area contributed by atoms with Gasteiger partial charge in [0.05, 0.1) is 44.7 Å². The highest BCUT2D eigenvalue weighted by Gasteiger charge is 2.53. The van der Waals surface area contributed by atoms with Gasteiger partial charge in [-0.3, -0.25) is 4.90 Å². The molecule has 0 unspecified atom stereocenters. The number of carbonyl (C=O) groups is 1. The molecule has 1 amide bonds. The van der Waals surface area contributed by atoms with Gasteiger partial charge in [0.25, 0.3) is 0 Å². The minimum Gasteiger partial charge on any atom is -0.444 e. The van der Waals surface area contributed by atoms with Crippen molar-refractivity contribution in [3.05, 3.63) is 71.8 Å². The van der Waals surface area contributed by atoms with E-state index in [-0.39, 0.29) is 30.4 Å². The van der Waals surface area contributed by atoms with Gasteiger partial charge in [-0.15, -0.1) is 0 Å². The Labute approximate surface area is 363 Å². The average molecular weight is 836 g/mol. The standard InChI is InChI=1S/C51H81NO8/c1-49(2,3)60-48(53)52-44(41-57-50(52,4)5)40-55-37-26-16-14-12-10-8-6-7-9-11-13-15-25-34-51-35-33-45(56-39-43-30-22-18-23-31-43)47(59-51)46(58-51)32-24-19-27-36-54-38-42-28-20-17-21-29-42/h17-18,20-23,28-31,44-47H,6-16,19,24-27,32-41H2,1-5H3/t44-,45+,46+,47+,51-/m1/s1. The lowest BCUT2D eigenvalue weighted by molar-refractivity contribution is -0.221. The highest BCUT2D eigenvalue weighted by molar-refractivity contribution is 5.69. The van der Waals surface area contributed by atoms with Crippen LogP contribution in [0.1, 0.15) is 174 Å². The summed E-state index contributed by atoms with van der Waals surface area (Å²) < 4.78 is 43.6. The Kier molecular flexibility index (Phi) is 20.7. The normalized spacial score (nSPS) is 23.6. The third-order valence-electron chi connectivity index (χ3n) is 12.3. The van der Waals surface area contributed by atoms with Crippen molar-refractivity contribution in [2.24, 2.45) is 0 Å². The third-order valence-corrected chi connectivity index (χ3v) is 12.3. The molecule has 3 saturated heterocycles. The van der Waals surface area contributed by atoms with Gasteiger partial charge in [0.1, 0.15) is 17.4 Å². The zero-order valence-electron chi connectivity index (χ0n) is 38.2. The van der Waals surface area contributed by atoms with Crippen molar-refractivity contribution in [2.75, 3.05) is 26.4 Å². The van der Waals surface area contributed by atoms with Crippen molar-refractivity contribution in [2.45, 2.75) is 218 Å². The van der Waals surface area contributed by atoms with Crippen LogP contribution in [0.15, 0.2) is 60.7 Å². The Morgan fingerprint density at radius 3 is 1.87 bits per heavy atom. The van der Waals surface area contributed by atoms with Crippen LogP contribution in [-0.2, 0) is 46.4 Å². The molecule has 2 aromatic rings. The molecule has 338 valence electrons. The second-order valence-corrected chi connectivity index (χ2v) is 19.1. The molecule has 60 heavy (non-hydrogen) atoms. The summed E-state index contributed by atoms with van der Waals surface area (Å²) in [6.45, 7) is 13.3. The molecule has 9 heteroatoms. The van der Waals surface area contributed by atoms with Gasteiger partial charge in [-0.1, -0.05) is 144 Å². The Bertz CT molecular complexity index is 1450. The second kappa shape index (κ2) is 25.5. The fraction of sp³-hybridized carbons (Fsp3) is 0.745. The van der Waals surface area contributed by atoms with Crippen LogP contribution in [0.2, 0.25) is 0 Å². The summed E-state index contributed by atoms with van der Waals surface area (Å²) in [5.41, 5.74) is 1.21. The molecule has 3 fully saturated rings. The van der Waals surface area contributed by atoms with E-state index in [0.717, 1.165) is 71.0 Å². The number of benzene rings is 2. The molecule has 3 aliphatic heterocycles. The number of amides is 1. The predicted octanol–water partition coefficient (Wildman–Crippen LogP) is 12.5. The fourth-order valence-corrected chi connectivity index (χ4v) is 9.02. The monoisotopic (exact) mass is 836 g/mol. The highest BCUT2D eigenvalue weighted by Crippen LogP contribution is 2.46. The van der Waals surface area contributed by atoms with Gasteiger partial charge in [0.15, 0.2) is 5.79 Å². The van der Waals surface area contributed by atoms with Gasteiger partial charge < -0.3 is 33.2 Å². The number of fused-ring (bicyclic) bond motifs is 2. The minimum atomic E-state index is -0.688. The lowest BCUT2D eigenvalue weighted by Gasteiger charge is -2.35. The van der Waals surface area contributed by atoms with Gasteiger partial charge >= 0.3 is 6.09 Å². The molecule has 0 radical (unpaired) electrons. The van der Waals surface area contributed by atoms with Crippen LogP contribution in [0.3, 0.4) is 0 Å².